The lowest BCUT2D eigenvalue weighted by molar-refractivity contribution is 0.332. The number of nitrogens with zero attached hydrogens (tertiary/aromatic N) is 1. The Bertz CT molecular complexity index is 3580. The number of nitrogens with one attached hydrogen (secondary N) is 1. The van der Waals surface area contributed by atoms with E-state index in [0.29, 0.717) is 0 Å². The Morgan fingerprint density at radius 2 is 1.22 bits per heavy atom. The first kappa shape index (κ1) is 39.3. The van der Waals surface area contributed by atoms with Gasteiger partial charge in [-0.15, -0.1) is 22.7 Å². The van der Waals surface area contributed by atoms with E-state index in [-0.39, 0.29) is 21.7 Å². The van der Waals surface area contributed by atoms with Crippen LogP contribution in [0, 0.1) is 0 Å². The molecule has 3 aromatic heterocycles. The average molecular weight is 854 g/mol. The molecule has 0 fully saturated rings. The summed E-state index contributed by atoms with van der Waals surface area (Å²) in [7, 11) is 2.56. The van der Waals surface area contributed by atoms with Gasteiger partial charge in [-0.3, -0.25) is 0 Å². The number of hydrogen-bond acceptors (Lipinski definition) is 3. The third kappa shape index (κ3) is 5.81. The molecule has 0 spiro atoms. The Kier molecular flexibility index (Phi) is 8.17. The van der Waals surface area contributed by atoms with E-state index in [9.17, 15) is 0 Å². The van der Waals surface area contributed by atoms with Crippen molar-refractivity contribution < 1.29 is 0 Å². The highest BCUT2D eigenvalue weighted by Crippen LogP contribution is 2.53. The first-order valence-electron chi connectivity index (χ1n) is 22.8. The second-order valence-electron chi connectivity index (χ2n) is 21.9. The zero-order valence-electron chi connectivity index (χ0n) is 38.2. The Hall–Kier alpha value is -5.36. The van der Waals surface area contributed by atoms with Crippen LogP contribution in [0.4, 0.5) is 11.4 Å². The van der Waals surface area contributed by atoms with Crippen molar-refractivity contribution in [1.29, 1.82) is 0 Å². The number of fused-ring (bicyclic) bond motifs is 13. The van der Waals surface area contributed by atoms with Gasteiger partial charge in [0, 0.05) is 73.9 Å². The highest BCUT2D eigenvalue weighted by molar-refractivity contribution is 7.27. The first-order chi connectivity index (χ1) is 30.0. The molecular weight excluding hydrogens is 800 g/mol. The van der Waals surface area contributed by atoms with Gasteiger partial charge in [0.1, 0.15) is 0 Å². The highest BCUT2D eigenvalue weighted by atomic mass is 32.1. The van der Waals surface area contributed by atoms with Crippen LogP contribution < -0.4 is 16.2 Å². The van der Waals surface area contributed by atoms with Gasteiger partial charge in [0.25, 0.3) is 0 Å². The van der Waals surface area contributed by atoms with Crippen LogP contribution in [0.5, 0.6) is 0 Å². The Morgan fingerprint density at radius 3 is 1.92 bits per heavy atom. The first-order valence-corrected chi connectivity index (χ1v) is 24.4. The zero-order chi connectivity index (χ0) is 43.5. The molecule has 2 aliphatic rings. The molecule has 0 amide bonds. The second-order valence-corrected chi connectivity index (χ2v) is 24.1. The van der Waals surface area contributed by atoms with Crippen LogP contribution in [0.2, 0.25) is 0 Å². The number of hydrogen-bond donors (Lipinski definition) is 1. The minimum absolute atomic E-state index is 0.0439. The molecule has 2 nitrogen and oxygen atoms in total. The van der Waals surface area contributed by atoms with Gasteiger partial charge in [-0.2, -0.15) is 0 Å². The molecule has 0 unspecified atom stereocenters. The van der Waals surface area contributed by atoms with E-state index in [1.54, 1.807) is 0 Å². The molecule has 1 aliphatic carbocycles. The molecule has 1 radical (unpaired) electrons. The van der Waals surface area contributed by atoms with E-state index < -0.39 is 0 Å². The van der Waals surface area contributed by atoms with Crippen LogP contribution in [-0.4, -0.2) is 11.8 Å². The summed E-state index contributed by atoms with van der Waals surface area (Å²) in [6.07, 6.45) is 2.36. The van der Waals surface area contributed by atoms with Crippen LogP contribution in [0.25, 0.3) is 79.0 Å². The summed E-state index contributed by atoms with van der Waals surface area (Å²) in [5, 5.41) is 12.1. The number of aromatic nitrogens is 1. The van der Waals surface area contributed by atoms with Crippen LogP contribution in [0.3, 0.4) is 0 Å². The van der Waals surface area contributed by atoms with E-state index in [2.05, 4.69) is 202 Å². The Labute approximate surface area is 380 Å². The highest BCUT2D eigenvalue weighted by Gasteiger charge is 2.39. The molecule has 5 heteroatoms. The van der Waals surface area contributed by atoms with Crippen LogP contribution in [0.15, 0.2) is 115 Å². The van der Waals surface area contributed by atoms with Crippen molar-refractivity contribution >= 4 is 114 Å². The van der Waals surface area contributed by atoms with Gasteiger partial charge in [-0.25, -0.2) is 0 Å². The molecule has 1 aliphatic heterocycles. The Balaban J connectivity index is 1.26. The van der Waals surface area contributed by atoms with E-state index >= 15 is 0 Å². The second kappa shape index (κ2) is 13.1. The fourth-order valence-corrected chi connectivity index (χ4v) is 13.4. The van der Waals surface area contributed by atoms with Crippen molar-refractivity contribution in [1.82, 2.24) is 4.57 Å². The smallest absolute Gasteiger partial charge is 0.198 e. The lowest BCUT2D eigenvalue weighted by atomic mass is 9.58. The molecule has 0 bridgehead atoms. The van der Waals surface area contributed by atoms with Crippen molar-refractivity contribution in [2.24, 2.45) is 0 Å². The summed E-state index contributed by atoms with van der Waals surface area (Å²) in [4.78, 5) is 0. The van der Waals surface area contributed by atoms with E-state index in [0.717, 1.165) is 11.4 Å². The normalized spacial score (nSPS) is 15.7. The SMILES string of the molecule is CC(C)(C)c1ccc(Nc2ccc(C(C)(C)C)cc2-c2c3c4c(c5cc6c(cc5n4-c4cc5sc7ccccc7c5cc4[B]3)C(C)(C)CCC6(C)C)c3c2sc2ccccc23)cc1. The maximum absolute atomic E-state index is 3.99. The van der Waals surface area contributed by atoms with Gasteiger partial charge in [-0.05, 0) is 128 Å². The minimum atomic E-state index is -0.0439. The van der Waals surface area contributed by atoms with Gasteiger partial charge in [0.15, 0.2) is 7.28 Å². The summed E-state index contributed by atoms with van der Waals surface area (Å²) in [6.45, 7) is 23.8. The average Bonchev–Trinajstić information content (AvgIpc) is 3.91. The van der Waals surface area contributed by atoms with E-state index in [4.69, 9.17) is 0 Å². The molecule has 10 aromatic rings. The van der Waals surface area contributed by atoms with Crippen LogP contribution in [0.1, 0.15) is 104 Å². The maximum Gasteiger partial charge on any atom is 0.198 e. The molecular formula is C58H54BN2S2. The predicted octanol–water partition coefficient (Wildman–Crippen LogP) is 15.8. The minimum Gasteiger partial charge on any atom is -0.355 e. The van der Waals surface area contributed by atoms with Crippen molar-refractivity contribution in [2.75, 3.05) is 5.32 Å². The predicted molar refractivity (Wildman–Crippen MR) is 279 cm³/mol. The summed E-state index contributed by atoms with van der Waals surface area (Å²) >= 11 is 3.88. The quantitative estimate of drug-likeness (QED) is 0.175. The van der Waals surface area contributed by atoms with Crippen molar-refractivity contribution in [3.8, 4) is 16.8 Å². The van der Waals surface area contributed by atoms with Gasteiger partial charge >= 0.3 is 0 Å². The number of thiophene rings is 2. The zero-order valence-corrected chi connectivity index (χ0v) is 39.9. The third-order valence-electron chi connectivity index (χ3n) is 14.8. The standard InChI is InChI=1S/C58H54BN2S2/c1-55(2,3)32-19-22-34(23-20-32)60-43-24-21-33(56(4,5)6)27-38(43)51-52-53-49(50-36-16-12-14-18-47(36)63-54(50)51)39-28-40-41(58(9,10)26-25-57(40,7)8)30-44(39)61(53)45-31-48-37(29-42(45)59-52)35-15-11-13-17-46(35)62-48/h11-24,27-31,60H,25-26H2,1-10H3. The molecule has 0 saturated heterocycles. The molecule has 7 aromatic carbocycles. The van der Waals surface area contributed by atoms with Gasteiger partial charge in [0.05, 0.1) is 5.52 Å². The van der Waals surface area contributed by atoms with Crippen LogP contribution in [-0.2, 0) is 21.7 Å². The van der Waals surface area contributed by atoms with Gasteiger partial charge in [-0.1, -0.05) is 135 Å². The molecule has 12 rings (SSSR count). The molecule has 0 atom stereocenters. The van der Waals surface area contributed by atoms with E-state index in [1.165, 1.54) is 125 Å². The number of rotatable bonds is 3. The summed E-state index contributed by atoms with van der Waals surface area (Å²) < 4.78 is 8.05. The largest absolute Gasteiger partial charge is 0.355 e. The topological polar surface area (TPSA) is 17.0 Å². The van der Waals surface area contributed by atoms with Crippen molar-refractivity contribution in [3.05, 3.63) is 138 Å². The monoisotopic (exact) mass is 853 g/mol. The molecule has 4 heterocycles. The summed E-state index contributed by atoms with van der Waals surface area (Å²) in [5.41, 5.74) is 17.1. The number of anilines is 2. The molecule has 311 valence electrons. The van der Waals surface area contributed by atoms with Crippen molar-refractivity contribution in [2.45, 2.75) is 104 Å². The van der Waals surface area contributed by atoms with E-state index in [1.807, 2.05) is 22.7 Å². The van der Waals surface area contributed by atoms with Crippen molar-refractivity contribution in [3.63, 3.8) is 0 Å². The fraction of sp³-hybridized carbons (Fsp3) is 0.276. The summed E-state index contributed by atoms with van der Waals surface area (Å²) in [6, 6.07) is 44.6. The lowest BCUT2D eigenvalue weighted by Gasteiger charge is -2.42. The third-order valence-corrected chi connectivity index (χ3v) is 17.1. The van der Waals surface area contributed by atoms with Crippen LogP contribution >= 0.6 is 22.7 Å². The Morgan fingerprint density at radius 1 is 0.587 bits per heavy atom. The molecule has 0 saturated carbocycles. The molecule has 63 heavy (non-hydrogen) atoms. The maximum atomic E-state index is 3.99. The van der Waals surface area contributed by atoms with Gasteiger partial charge in [0.2, 0.25) is 0 Å². The lowest BCUT2D eigenvalue weighted by Crippen LogP contribution is -2.37. The molecule has 1 N–H and O–H groups in total. The fourth-order valence-electron chi connectivity index (χ4n) is 11.0. The van der Waals surface area contributed by atoms with Gasteiger partial charge < -0.3 is 9.88 Å². The summed E-state index contributed by atoms with van der Waals surface area (Å²) in [5.74, 6) is 0. The number of benzene rings is 7.